The zero-order chi connectivity index (χ0) is 7.61. The van der Waals surface area contributed by atoms with Gasteiger partial charge in [0.2, 0.25) is 0 Å². The molecule has 11 heavy (non-hydrogen) atoms. The van der Waals surface area contributed by atoms with Crippen molar-refractivity contribution >= 4 is 22.5 Å². The van der Waals surface area contributed by atoms with Crippen LogP contribution in [0.2, 0.25) is 0 Å². The Kier molecular flexibility index (Phi) is 4.27. The third-order valence-electron chi connectivity index (χ3n) is 1.36. The van der Waals surface area contributed by atoms with E-state index < -0.39 is 15.5 Å². The normalized spacial score (nSPS) is 25.7. The van der Waals surface area contributed by atoms with Crippen molar-refractivity contribution in [3.05, 3.63) is 0 Å². The number of hydrogen-bond acceptors (Lipinski definition) is 4. The summed E-state index contributed by atoms with van der Waals surface area (Å²) in [6, 6.07) is 0. The van der Waals surface area contributed by atoms with Gasteiger partial charge in [0, 0.05) is 19.6 Å². The van der Waals surface area contributed by atoms with Gasteiger partial charge < -0.3 is 5.32 Å². The van der Waals surface area contributed by atoms with E-state index >= 15 is 0 Å². The van der Waals surface area contributed by atoms with E-state index in [0.29, 0.717) is 6.54 Å². The van der Waals surface area contributed by atoms with Crippen LogP contribution in [0.4, 0.5) is 0 Å². The quantitative estimate of drug-likeness (QED) is 0.467. The number of piperazine rings is 1. The molecule has 0 bridgehead atoms. The van der Waals surface area contributed by atoms with Crippen LogP contribution >= 0.6 is 12.4 Å². The van der Waals surface area contributed by atoms with Crippen molar-refractivity contribution in [2.24, 2.45) is 0 Å². The summed E-state index contributed by atoms with van der Waals surface area (Å²) in [5.74, 6) is 0. The fourth-order valence-corrected chi connectivity index (χ4v) is 1.49. The van der Waals surface area contributed by atoms with Gasteiger partial charge in [-0.1, -0.05) is 0 Å². The first kappa shape index (κ1) is 11.1. The summed E-state index contributed by atoms with van der Waals surface area (Å²) < 4.78 is 29.4. The zero-order valence-corrected chi connectivity index (χ0v) is 7.41. The van der Waals surface area contributed by atoms with E-state index in [2.05, 4.69) is 10.6 Å². The molecule has 1 atom stereocenters. The third kappa shape index (κ3) is 3.35. The van der Waals surface area contributed by atoms with Gasteiger partial charge in [-0.3, -0.25) is 9.87 Å². The average molecular weight is 203 g/mol. The molecular formula is C4H11ClN2O3S. The van der Waals surface area contributed by atoms with E-state index in [1.165, 1.54) is 0 Å². The van der Waals surface area contributed by atoms with Gasteiger partial charge >= 0.3 is 0 Å². The van der Waals surface area contributed by atoms with Crippen LogP contribution in [0, 0.1) is 0 Å². The van der Waals surface area contributed by atoms with Crippen molar-refractivity contribution in [3.63, 3.8) is 0 Å². The molecule has 1 aliphatic heterocycles. The monoisotopic (exact) mass is 202 g/mol. The van der Waals surface area contributed by atoms with Gasteiger partial charge in [-0.2, -0.15) is 8.42 Å². The summed E-state index contributed by atoms with van der Waals surface area (Å²) >= 11 is 0. The van der Waals surface area contributed by atoms with Crippen LogP contribution in [0.1, 0.15) is 0 Å². The largest absolute Gasteiger partial charge is 0.313 e. The molecule has 0 radical (unpaired) electrons. The van der Waals surface area contributed by atoms with Crippen molar-refractivity contribution < 1.29 is 13.0 Å². The van der Waals surface area contributed by atoms with Crippen molar-refractivity contribution in [1.82, 2.24) is 10.6 Å². The smallest absolute Gasteiger partial charge is 0.282 e. The molecule has 0 aromatic carbocycles. The molecule has 1 aliphatic rings. The summed E-state index contributed by atoms with van der Waals surface area (Å²) in [7, 11) is -3.90. The average Bonchev–Trinajstić information content (AvgIpc) is 1.88. The fourth-order valence-electron chi connectivity index (χ4n) is 0.837. The van der Waals surface area contributed by atoms with Gasteiger partial charge in [0.05, 0.1) is 0 Å². The van der Waals surface area contributed by atoms with E-state index in [0.717, 1.165) is 6.54 Å². The highest BCUT2D eigenvalue weighted by Crippen LogP contribution is 1.94. The number of rotatable bonds is 1. The lowest BCUT2D eigenvalue weighted by Crippen LogP contribution is -2.51. The first-order chi connectivity index (χ1) is 4.61. The SMILES string of the molecule is Cl.O=S(=O)(O)C1CNCCN1. The van der Waals surface area contributed by atoms with Crippen LogP contribution in [0.15, 0.2) is 0 Å². The lowest BCUT2D eigenvalue weighted by Gasteiger charge is -2.21. The second-order valence-corrected chi connectivity index (χ2v) is 3.76. The Morgan fingerprint density at radius 3 is 2.27 bits per heavy atom. The van der Waals surface area contributed by atoms with Crippen LogP contribution in [-0.2, 0) is 10.1 Å². The van der Waals surface area contributed by atoms with Gasteiger partial charge in [-0.15, -0.1) is 12.4 Å². The van der Waals surface area contributed by atoms with Gasteiger partial charge in [-0.05, 0) is 0 Å². The highest BCUT2D eigenvalue weighted by molar-refractivity contribution is 7.86. The topological polar surface area (TPSA) is 78.4 Å². The number of nitrogens with one attached hydrogen (secondary N) is 2. The maximum absolute atomic E-state index is 10.4. The lowest BCUT2D eigenvalue weighted by molar-refractivity contribution is 0.419. The van der Waals surface area contributed by atoms with E-state index in [1.807, 2.05) is 0 Å². The first-order valence-electron chi connectivity index (χ1n) is 3.01. The Bertz CT molecular complexity index is 199. The molecule has 0 aromatic rings. The van der Waals surface area contributed by atoms with Crippen LogP contribution < -0.4 is 10.6 Å². The molecule has 0 amide bonds. The van der Waals surface area contributed by atoms with Crippen LogP contribution in [0.25, 0.3) is 0 Å². The Labute approximate surface area is 71.7 Å². The molecule has 0 spiro atoms. The molecular weight excluding hydrogens is 192 g/mol. The maximum Gasteiger partial charge on any atom is 0.282 e. The summed E-state index contributed by atoms with van der Waals surface area (Å²) in [6.45, 7) is 1.59. The van der Waals surface area contributed by atoms with Gasteiger partial charge in [0.25, 0.3) is 10.1 Å². The van der Waals surface area contributed by atoms with Crippen molar-refractivity contribution in [2.45, 2.75) is 5.37 Å². The molecule has 5 nitrogen and oxygen atoms in total. The summed E-state index contributed by atoms with van der Waals surface area (Å²) in [5.41, 5.74) is 0. The Morgan fingerprint density at radius 2 is 2.00 bits per heavy atom. The molecule has 1 rings (SSSR count). The molecule has 3 N–H and O–H groups in total. The highest BCUT2D eigenvalue weighted by atomic mass is 35.5. The molecule has 1 saturated heterocycles. The summed E-state index contributed by atoms with van der Waals surface area (Å²) in [5, 5.41) is 4.67. The molecule has 0 aromatic heterocycles. The molecule has 1 fully saturated rings. The van der Waals surface area contributed by atoms with E-state index in [1.54, 1.807) is 0 Å². The molecule has 1 heterocycles. The highest BCUT2D eigenvalue weighted by Gasteiger charge is 2.23. The minimum Gasteiger partial charge on any atom is -0.313 e. The zero-order valence-electron chi connectivity index (χ0n) is 5.78. The molecule has 0 saturated carbocycles. The van der Waals surface area contributed by atoms with E-state index in [4.69, 9.17) is 4.55 Å². The first-order valence-corrected chi connectivity index (χ1v) is 4.51. The van der Waals surface area contributed by atoms with E-state index in [-0.39, 0.29) is 19.0 Å². The Morgan fingerprint density at radius 1 is 1.36 bits per heavy atom. The molecule has 1 unspecified atom stereocenters. The van der Waals surface area contributed by atoms with Crippen molar-refractivity contribution in [2.75, 3.05) is 19.6 Å². The van der Waals surface area contributed by atoms with Crippen molar-refractivity contribution in [3.8, 4) is 0 Å². The lowest BCUT2D eigenvalue weighted by atomic mass is 10.4. The third-order valence-corrected chi connectivity index (χ3v) is 2.42. The Hall–Kier alpha value is 0.120. The van der Waals surface area contributed by atoms with Gasteiger partial charge in [-0.25, -0.2) is 0 Å². The fraction of sp³-hybridized carbons (Fsp3) is 1.00. The second kappa shape index (κ2) is 4.22. The predicted molar refractivity (Wildman–Crippen MR) is 43.5 cm³/mol. The molecule has 7 heteroatoms. The van der Waals surface area contributed by atoms with Gasteiger partial charge in [0.1, 0.15) is 5.37 Å². The summed E-state index contributed by atoms with van der Waals surface area (Å²) in [6.07, 6.45) is 0. The van der Waals surface area contributed by atoms with Crippen LogP contribution in [0.5, 0.6) is 0 Å². The molecule has 0 aliphatic carbocycles. The standard InChI is InChI=1S/C4H10N2O3S.ClH/c7-10(8,9)4-3-5-1-2-6-4;/h4-6H,1-3H2,(H,7,8,9);1H. The van der Waals surface area contributed by atoms with E-state index in [9.17, 15) is 8.42 Å². The number of hydrogen-bond donors (Lipinski definition) is 3. The Balaban J connectivity index is 0.000001000. The van der Waals surface area contributed by atoms with Crippen molar-refractivity contribution in [1.29, 1.82) is 0 Å². The minimum absolute atomic E-state index is 0. The number of halogens is 1. The maximum atomic E-state index is 10.4. The van der Waals surface area contributed by atoms with Crippen LogP contribution in [-0.4, -0.2) is 38.0 Å². The second-order valence-electron chi connectivity index (χ2n) is 2.16. The summed E-state index contributed by atoms with van der Waals surface area (Å²) in [4.78, 5) is 0. The predicted octanol–water partition coefficient (Wildman–Crippen LogP) is -1.19. The van der Waals surface area contributed by atoms with Gasteiger partial charge in [0.15, 0.2) is 0 Å². The minimum atomic E-state index is -3.90. The molecule has 68 valence electrons. The van der Waals surface area contributed by atoms with Crippen LogP contribution in [0.3, 0.4) is 0 Å².